The Morgan fingerprint density at radius 2 is 2.11 bits per heavy atom. The van der Waals surface area contributed by atoms with Crippen LogP contribution in [-0.4, -0.2) is 9.78 Å². The fourth-order valence-electron chi connectivity index (χ4n) is 2.18. The smallest absolute Gasteiger partial charge is 0.0738 e. The Hall–Kier alpha value is -0.400. The van der Waals surface area contributed by atoms with Crippen LogP contribution in [0.25, 0.3) is 0 Å². The zero-order valence-corrected chi connectivity index (χ0v) is 15.0. The molecule has 0 radical (unpaired) electrons. The maximum Gasteiger partial charge on any atom is 0.0738 e. The maximum absolute atomic E-state index is 6.38. The van der Waals surface area contributed by atoms with Crippen LogP contribution in [0.2, 0.25) is 0 Å². The molecule has 1 heterocycles. The highest BCUT2D eigenvalue weighted by Gasteiger charge is 2.17. The molecule has 0 spiro atoms. The summed E-state index contributed by atoms with van der Waals surface area (Å²) in [5.74, 6) is 0. The summed E-state index contributed by atoms with van der Waals surface area (Å²) in [7, 11) is 1.96. The van der Waals surface area contributed by atoms with E-state index in [2.05, 4.69) is 68.7 Å². The van der Waals surface area contributed by atoms with Crippen LogP contribution < -0.4 is 5.73 Å². The van der Waals surface area contributed by atoms with E-state index in [1.54, 1.807) is 0 Å². The number of nitrogens with zero attached hydrogens (tertiary/aromatic N) is 2. The highest BCUT2D eigenvalue weighted by Crippen LogP contribution is 2.28. The zero-order chi connectivity index (χ0) is 14.2. The van der Waals surface area contributed by atoms with Gasteiger partial charge in [0, 0.05) is 23.1 Å². The average Bonchev–Trinajstić information content (AvgIpc) is 2.59. The zero-order valence-electron chi connectivity index (χ0n) is 11.2. The van der Waals surface area contributed by atoms with Crippen LogP contribution in [0.4, 0.5) is 0 Å². The van der Waals surface area contributed by atoms with Crippen LogP contribution in [0.15, 0.2) is 22.7 Å². The van der Waals surface area contributed by atoms with Gasteiger partial charge in [-0.25, -0.2) is 0 Å². The van der Waals surface area contributed by atoms with Gasteiger partial charge in [0.15, 0.2) is 0 Å². The molecule has 0 bridgehead atoms. The molecule has 2 aromatic rings. The summed E-state index contributed by atoms with van der Waals surface area (Å²) in [5, 5.41) is 4.41. The minimum absolute atomic E-state index is 0.0158. The lowest BCUT2D eigenvalue weighted by molar-refractivity contribution is 0.636. The standard InChI is InChI=1S/C14H17BrIN3/c1-8-5-4-6-10(14(8)16)11(17)7-12-13(15)9(2)18-19(12)3/h4-6,11H,7,17H2,1-3H3. The van der Waals surface area contributed by atoms with Gasteiger partial charge in [0.1, 0.15) is 0 Å². The molecule has 5 heteroatoms. The number of aryl methyl sites for hydroxylation is 3. The summed E-state index contributed by atoms with van der Waals surface area (Å²) in [5.41, 5.74) is 11.0. The van der Waals surface area contributed by atoms with Crippen molar-refractivity contribution in [3.63, 3.8) is 0 Å². The van der Waals surface area contributed by atoms with Crippen molar-refractivity contribution >= 4 is 38.5 Å². The predicted molar refractivity (Wildman–Crippen MR) is 90.2 cm³/mol. The molecule has 0 saturated heterocycles. The first-order chi connectivity index (χ1) is 8.91. The van der Waals surface area contributed by atoms with E-state index in [1.165, 1.54) is 14.7 Å². The lowest BCUT2D eigenvalue weighted by atomic mass is 10.0. The topological polar surface area (TPSA) is 43.8 Å². The van der Waals surface area contributed by atoms with Crippen molar-refractivity contribution in [3.8, 4) is 0 Å². The molecule has 102 valence electrons. The third-order valence-electron chi connectivity index (χ3n) is 3.30. The van der Waals surface area contributed by atoms with Gasteiger partial charge in [0.2, 0.25) is 0 Å². The van der Waals surface area contributed by atoms with Crippen molar-refractivity contribution in [2.45, 2.75) is 26.3 Å². The van der Waals surface area contributed by atoms with Gasteiger partial charge >= 0.3 is 0 Å². The molecule has 0 saturated carbocycles. The lowest BCUT2D eigenvalue weighted by Gasteiger charge is -2.15. The molecule has 0 aliphatic rings. The highest BCUT2D eigenvalue weighted by atomic mass is 127. The Morgan fingerprint density at radius 1 is 1.42 bits per heavy atom. The van der Waals surface area contributed by atoms with E-state index in [0.717, 1.165) is 22.3 Å². The van der Waals surface area contributed by atoms with Gasteiger partial charge in [0.25, 0.3) is 0 Å². The van der Waals surface area contributed by atoms with Crippen LogP contribution in [0.1, 0.15) is 28.6 Å². The Kier molecular flexibility index (Phi) is 4.68. The van der Waals surface area contributed by atoms with E-state index in [0.29, 0.717) is 0 Å². The molecule has 1 aromatic carbocycles. The van der Waals surface area contributed by atoms with Crippen LogP contribution in [-0.2, 0) is 13.5 Å². The number of halogens is 2. The monoisotopic (exact) mass is 433 g/mol. The van der Waals surface area contributed by atoms with E-state index in [9.17, 15) is 0 Å². The normalized spacial score (nSPS) is 12.7. The van der Waals surface area contributed by atoms with Gasteiger partial charge in [-0.05, 0) is 63.5 Å². The molecule has 0 fully saturated rings. The molecule has 0 amide bonds. The Balaban J connectivity index is 2.31. The van der Waals surface area contributed by atoms with Gasteiger partial charge < -0.3 is 5.73 Å². The molecule has 1 aromatic heterocycles. The Morgan fingerprint density at radius 3 is 2.68 bits per heavy atom. The van der Waals surface area contributed by atoms with Gasteiger partial charge in [0.05, 0.1) is 15.9 Å². The van der Waals surface area contributed by atoms with Crippen LogP contribution >= 0.6 is 38.5 Å². The van der Waals surface area contributed by atoms with Gasteiger partial charge in [-0.15, -0.1) is 0 Å². The second-order valence-electron chi connectivity index (χ2n) is 4.76. The summed E-state index contributed by atoms with van der Waals surface area (Å²) in [4.78, 5) is 0. The average molecular weight is 434 g/mol. The van der Waals surface area contributed by atoms with Gasteiger partial charge in [-0.1, -0.05) is 18.2 Å². The minimum Gasteiger partial charge on any atom is -0.324 e. The van der Waals surface area contributed by atoms with Crippen molar-refractivity contribution < 1.29 is 0 Å². The quantitative estimate of drug-likeness (QED) is 0.751. The van der Waals surface area contributed by atoms with Crippen molar-refractivity contribution in [2.75, 3.05) is 0 Å². The first-order valence-corrected chi connectivity index (χ1v) is 7.97. The number of aromatic nitrogens is 2. The molecular weight excluding hydrogens is 417 g/mol. The summed E-state index contributed by atoms with van der Waals surface area (Å²) in [6, 6.07) is 6.27. The number of rotatable bonds is 3. The van der Waals surface area contributed by atoms with Crippen molar-refractivity contribution in [2.24, 2.45) is 12.8 Å². The summed E-state index contributed by atoms with van der Waals surface area (Å²) in [6.07, 6.45) is 0.775. The van der Waals surface area contributed by atoms with Crippen molar-refractivity contribution in [3.05, 3.63) is 48.8 Å². The largest absolute Gasteiger partial charge is 0.324 e. The fraction of sp³-hybridized carbons (Fsp3) is 0.357. The molecule has 0 aliphatic heterocycles. The summed E-state index contributed by atoms with van der Waals surface area (Å²) in [6.45, 7) is 4.11. The van der Waals surface area contributed by atoms with Gasteiger partial charge in [-0.3, -0.25) is 4.68 Å². The molecule has 1 unspecified atom stereocenters. The van der Waals surface area contributed by atoms with Crippen LogP contribution in [0.3, 0.4) is 0 Å². The molecule has 2 rings (SSSR count). The SMILES string of the molecule is Cc1cccc(C(N)Cc2c(Br)c(C)nn2C)c1I. The summed E-state index contributed by atoms with van der Waals surface area (Å²) >= 11 is 5.97. The predicted octanol–water partition coefficient (Wildman–Crippen LogP) is 3.65. The number of nitrogens with two attached hydrogens (primary N) is 1. The van der Waals surface area contributed by atoms with E-state index >= 15 is 0 Å². The first kappa shape index (κ1) is 15.0. The van der Waals surface area contributed by atoms with Crippen molar-refractivity contribution in [1.82, 2.24) is 9.78 Å². The molecular formula is C14H17BrIN3. The first-order valence-electron chi connectivity index (χ1n) is 6.10. The second-order valence-corrected chi connectivity index (χ2v) is 6.63. The summed E-state index contributed by atoms with van der Waals surface area (Å²) < 4.78 is 4.22. The molecule has 0 aliphatic carbocycles. The second kappa shape index (κ2) is 5.93. The fourth-order valence-corrected chi connectivity index (χ4v) is 3.43. The Bertz CT molecular complexity index is 607. The lowest BCUT2D eigenvalue weighted by Crippen LogP contribution is -2.17. The minimum atomic E-state index is -0.0158. The molecule has 3 nitrogen and oxygen atoms in total. The van der Waals surface area contributed by atoms with Crippen molar-refractivity contribution in [1.29, 1.82) is 0 Å². The van der Waals surface area contributed by atoms with E-state index in [-0.39, 0.29) is 6.04 Å². The molecule has 19 heavy (non-hydrogen) atoms. The number of hydrogen-bond donors (Lipinski definition) is 1. The number of hydrogen-bond acceptors (Lipinski definition) is 2. The maximum atomic E-state index is 6.38. The van der Waals surface area contributed by atoms with Crippen LogP contribution in [0.5, 0.6) is 0 Å². The Labute approximate surface area is 135 Å². The van der Waals surface area contributed by atoms with Crippen LogP contribution in [0, 0.1) is 17.4 Å². The molecule has 2 N–H and O–H groups in total. The van der Waals surface area contributed by atoms with Gasteiger partial charge in [-0.2, -0.15) is 5.10 Å². The molecule has 1 atom stereocenters. The van der Waals surface area contributed by atoms with E-state index in [1.807, 2.05) is 18.7 Å². The third-order valence-corrected chi connectivity index (χ3v) is 5.80. The highest BCUT2D eigenvalue weighted by molar-refractivity contribution is 14.1. The third kappa shape index (κ3) is 3.03. The van der Waals surface area contributed by atoms with E-state index in [4.69, 9.17) is 5.73 Å². The number of benzene rings is 1. The van der Waals surface area contributed by atoms with E-state index < -0.39 is 0 Å².